The zero-order chi connectivity index (χ0) is 10.6. The van der Waals surface area contributed by atoms with E-state index in [1.165, 1.54) is 0 Å². The topological polar surface area (TPSA) is 105 Å². The SMILES string of the molecule is CCOC(=O)Cc1nc(=O)[nH]c(=O)[nH]1. The predicted molar refractivity (Wildman–Crippen MR) is 45.8 cm³/mol. The van der Waals surface area contributed by atoms with Crippen molar-refractivity contribution in [1.29, 1.82) is 0 Å². The summed E-state index contributed by atoms with van der Waals surface area (Å²) in [6, 6.07) is 0. The fraction of sp³-hybridized carbons (Fsp3) is 0.429. The lowest BCUT2D eigenvalue weighted by atomic mass is 10.4. The maximum atomic E-state index is 10.9. The number of hydrogen-bond donors (Lipinski definition) is 2. The standard InChI is InChI=1S/C7H9N3O4/c1-2-14-5(11)3-4-8-6(12)10-7(13)9-4/h2-3H2,1H3,(H2,8,9,10,12,13). The second-order valence-electron chi connectivity index (χ2n) is 2.42. The van der Waals surface area contributed by atoms with Crippen molar-refractivity contribution in [2.24, 2.45) is 0 Å². The summed E-state index contributed by atoms with van der Waals surface area (Å²) in [5, 5.41) is 0. The van der Waals surface area contributed by atoms with E-state index >= 15 is 0 Å². The van der Waals surface area contributed by atoms with Crippen molar-refractivity contribution in [1.82, 2.24) is 15.0 Å². The molecule has 0 atom stereocenters. The minimum Gasteiger partial charge on any atom is -0.466 e. The third-order valence-corrected chi connectivity index (χ3v) is 1.33. The monoisotopic (exact) mass is 199 g/mol. The van der Waals surface area contributed by atoms with Gasteiger partial charge < -0.3 is 4.74 Å². The molecule has 0 aromatic carbocycles. The van der Waals surface area contributed by atoms with Gasteiger partial charge in [0.25, 0.3) is 0 Å². The number of ether oxygens (including phenoxy) is 1. The molecule has 0 spiro atoms. The van der Waals surface area contributed by atoms with Crippen LogP contribution in [0.5, 0.6) is 0 Å². The average Bonchev–Trinajstić information content (AvgIpc) is 2.01. The molecule has 7 nitrogen and oxygen atoms in total. The number of nitrogens with zero attached hydrogens (tertiary/aromatic N) is 1. The Morgan fingerprint density at radius 3 is 2.71 bits per heavy atom. The van der Waals surface area contributed by atoms with Gasteiger partial charge in [0.05, 0.1) is 6.61 Å². The summed E-state index contributed by atoms with van der Waals surface area (Å²) in [6.07, 6.45) is -0.215. The van der Waals surface area contributed by atoms with Gasteiger partial charge in [0, 0.05) is 0 Å². The molecule has 0 fully saturated rings. The van der Waals surface area contributed by atoms with Crippen molar-refractivity contribution in [2.75, 3.05) is 6.61 Å². The first-order valence-electron chi connectivity index (χ1n) is 3.97. The number of H-pyrrole nitrogens is 2. The van der Waals surface area contributed by atoms with E-state index in [2.05, 4.69) is 14.7 Å². The average molecular weight is 199 g/mol. The Bertz CT molecular complexity index is 405. The molecule has 0 amide bonds. The summed E-state index contributed by atoms with van der Waals surface area (Å²) in [5.41, 5.74) is -1.47. The highest BCUT2D eigenvalue weighted by Crippen LogP contribution is 1.87. The molecule has 1 aromatic heterocycles. The van der Waals surface area contributed by atoms with Gasteiger partial charge in [-0.3, -0.25) is 14.8 Å². The van der Waals surface area contributed by atoms with E-state index in [0.717, 1.165) is 0 Å². The second-order valence-corrected chi connectivity index (χ2v) is 2.42. The Hall–Kier alpha value is -1.92. The van der Waals surface area contributed by atoms with Crippen LogP contribution in [-0.4, -0.2) is 27.5 Å². The van der Waals surface area contributed by atoms with E-state index in [4.69, 9.17) is 0 Å². The molecule has 2 N–H and O–H groups in total. The van der Waals surface area contributed by atoms with E-state index in [0.29, 0.717) is 0 Å². The van der Waals surface area contributed by atoms with Crippen LogP contribution in [0.15, 0.2) is 9.59 Å². The van der Waals surface area contributed by atoms with Gasteiger partial charge in [0.1, 0.15) is 12.2 Å². The fourth-order valence-electron chi connectivity index (χ4n) is 0.870. The van der Waals surface area contributed by atoms with Gasteiger partial charge in [-0.2, -0.15) is 4.98 Å². The summed E-state index contributed by atoms with van der Waals surface area (Å²) in [6.45, 7) is 1.90. The predicted octanol–water partition coefficient (Wildman–Crippen LogP) is -1.44. The van der Waals surface area contributed by atoms with Crippen LogP contribution in [0.4, 0.5) is 0 Å². The van der Waals surface area contributed by atoms with Crippen molar-refractivity contribution in [3.8, 4) is 0 Å². The van der Waals surface area contributed by atoms with Gasteiger partial charge in [-0.15, -0.1) is 0 Å². The molecule has 0 aliphatic heterocycles. The van der Waals surface area contributed by atoms with Gasteiger partial charge in [-0.05, 0) is 6.92 Å². The minimum absolute atomic E-state index is 0.00259. The highest BCUT2D eigenvalue weighted by molar-refractivity contribution is 5.71. The second kappa shape index (κ2) is 4.35. The smallest absolute Gasteiger partial charge is 0.350 e. The van der Waals surface area contributed by atoms with Crippen LogP contribution in [0, 0.1) is 0 Å². The van der Waals surface area contributed by atoms with Crippen LogP contribution in [0.3, 0.4) is 0 Å². The maximum absolute atomic E-state index is 10.9. The molecule has 1 heterocycles. The number of aromatic nitrogens is 3. The lowest BCUT2D eigenvalue weighted by Crippen LogP contribution is -2.28. The number of hydrogen-bond acceptors (Lipinski definition) is 5. The number of aromatic amines is 2. The number of carbonyl (C=O) groups excluding carboxylic acids is 1. The largest absolute Gasteiger partial charge is 0.466 e. The third-order valence-electron chi connectivity index (χ3n) is 1.33. The molecule has 1 rings (SSSR count). The number of carbonyl (C=O) groups is 1. The summed E-state index contributed by atoms with van der Waals surface area (Å²) in [4.78, 5) is 39.9. The first-order valence-corrected chi connectivity index (χ1v) is 3.97. The van der Waals surface area contributed by atoms with Crippen LogP contribution in [0.25, 0.3) is 0 Å². The molecule has 0 radical (unpaired) electrons. The van der Waals surface area contributed by atoms with E-state index in [9.17, 15) is 14.4 Å². The quantitative estimate of drug-likeness (QED) is 0.580. The zero-order valence-corrected chi connectivity index (χ0v) is 7.49. The van der Waals surface area contributed by atoms with E-state index < -0.39 is 17.3 Å². The van der Waals surface area contributed by atoms with Crippen LogP contribution in [0.2, 0.25) is 0 Å². The van der Waals surface area contributed by atoms with Gasteiger partial charge in [-0.25, -0.2) is 9.59 Å². The molecular formula is C7H9N3O4. The molecule has 7 heteroatoms. The summed E-state index contributed by atoms with van der Waals surface area (Å²) >= 11 is 0. The molecule has 0 saturated carbocycles. The Morgan fingerprint density at radius 2 is 2.14 bits per heavy atom. The van der Waals surface area contributed by atoms with Crippen LogP contribution in [-0.2, 0) is 16.0 Å². The molecule has 0 unspecified atom stereocenters. The van der Waals surface area contributed by atoms with Crippen molar-refractivity contribution in [3.05, 3.63) is 26.8 Å². The molecule has 0 aliphatic carbocycles. The molecule has 14 heavy (non-hydrogen) atoms. The Labute approximate surface area is 78.1 Å². The maximum Gasteiger partial charge on any atom is 0.350 e. The third kappa shape index (κ3) is 2.85. The van der Waals surface area contributed by atoms with E-state index in [1.807, 2.05) is 4.98 Å². The number of rotatable bonds is 3. The first-order chi connectivity index (χ1) is 6.61. The molecule has 76 valence electrons. The molecule has 0 aliphatic rings. The normalized spacial score (nSPS) is 9.79. The summed E-state index contributed by atoms with van der Waals surface area (Å²) in [5.74, 6) is -0.543. The Kier molecular flexibility index (Phi) is 3.16. The van der Waals surface area contributed by atoms with Gasteiger partial charge in [0.15, 0.2) is 0 Å². The molecule has 1 aromatic rings. The lowest BCUT2D eigenvalue weighted by Gasteiger charge is -1.99. The van der Waals surface area contributed by atoms with Crippen molar-refractivity contribution < 1.29 is 9.53 Å². The van der Waals surface area contributed by atoms with Crippen LogP contribution in [0.1, 0.15) is 12.7 Å². The Balaban J connectivity index is 2.82. The van der Waals surface area contributed by atoms with E-state index in [1.54, 1.807) is 6.92 Å². The number of esters is 1. The van der Waals surface area contributed by atoms with Crippen molar-refractivity contribution in [2.45, 2.75) is 13.3 Å². The first kappa shape index (κ1) is 10.2. The lowest BCUT2D eigenvalue weighted by molar-refractivity contribution is -0.142. The van der Waals surface area contributed by atoms with E-state index in [-0.39, 0.29) is 18.9 Å². The van der Waals surface area contributed by atoms with Crippen LogP contribution >= 0.6 is 0 Å². The molecule has 0 bridgehead atoms. The molecular weight excluding hydrogens is 190 g/mol. The fourth-order valence-corrected chi connectivity index (χ4v) is 0.870. The number of nitrogens with one attached hydrogen (secondary N) is 2. The molecule has 0 saturated heterocycles. The zero-order valence-electron chi connectivity index (χ0n) is 7.49. The van der Waals surface area contributed by atoms with Crippen LogP contribution < -0.4 is 11.4 Å². The van der Waals surface area contributed by atoms with Gasteiger partial charge >= 0.3 is 17.3 Å². The van der Waals surface area contributed by atoms with Gasteiger partial charge in [0.2, 0.25) is 0 Å². The summed E-state index contributed by atoms with van der Waals surface area (Å²) < 4.78 is 4.61. The Morgan fingerprint density at radius 1 is 1.43 bits per heavy atom. The summed E-state index contributed by atoms with van der Waals surface area (Å²) in [7, 11) is 0. The highest BCUT2D eigenvalue weighted by Gasteiger charge is 2.06. The highest BCUT2D eigenvalue weighted by atomic mass is 16.5. The van der Waals surface area contributed by atoms with Crippen molar-refractivity contribution >= 4 is 5.97 Å². The van der Waals surface area contributed by atoms with Crippen molar-refractivity contribution in [3.63, 3.8) is 0 Å². The van der Waals surface area contributed by atoms with Gasteiger partial charge in [-0.1, -0.05) is 0 Å². The minimum atomic E-state index is -0.784.